The van der Waals surface area contributed by atoms with Crippen molar-refractivity contribution in [3.05, 3.63) is 121 Å². The van der Waals surface area contributed by atoms with Gasteiger partial charge in [-0.05, 0) is 54.6 Å². The van der Waals surface area contributed by atoms with Crippen molar-refractivity contribution in [2.24, 2.45) is 4.99 Å². The Labute approximate surface area is 240 Å². The molecule has 0 aliphatic carbocycles. The number of esters is 1. The standard InChI is InChI=1S/C32H26N2O4S2/c1-4-18-38-24-13-9-10-21(19-24)20-26-30(35)34-29(23-14-16-25(39-3)17-15-23)27(31(36)37-5-2)28(33-32(34)40-26)22-11-7-6-8-12-22/h1,6-17,19-20,29H,5,18H2,2-3H3/b26-20-/t29-/m1/s1. The van der Waals surface area contributed by atoms with Gasteiger partial charge in [0, 0.05) is 10.5 Å². The van der Waals surface area contributed by atoms with Crippen LogP contribution in [0.2, 0.25) is 0 Å². The maximum absolute atomic E-state index is 14.0. The number of benzene rings is 3. The van der Waals surface area contributed by atoms with E-state index in [1.54, 1.807) is 29.3 Å². The van der Waals surface area contributed by atoms with Gasteiger partial charge >= 0.3 is 5.97 Å². The average Bonchev–Trinajstić information content (AvgIpc) is 3.30. The van der Waals surface area contributed by atoms with Crippen molar-refractivity contribution in [1.82, 2.24) is 4.57 Å². The Morgan fingerprint density at radius 1 is 1.12 bits per heavy atom. The second kappa shape index (κ2) is 12.2. The van der Waals surface area contributed by atoms with E-state index in [1.807, 2.05) is 85.1 Å². The number of aromatic nitrogens is 1. The summed E-state index contributed by atoms with van der Waals surface area (Å²) in [6, 6.07) is 24.0. The van der Waals surface area contributed by atoms with Gasteiger partial charge < -0.3 is 9.47 Å². The van der Waals surface area contributed by atoms with Crippen LogP contribution in [0.3, 0.4) is 0 Å². The van der Waals surface area contributed by atoms with E-state index in [0.717, 1.165) is 21.6 Å². The highest BCUT2D eigenvalue weighted by Crippen LogP contribution is 2.35. The molecule has 6 nitrogen and oxygen atoms in total. The van der Waals surface area contributed by atoms with Crippen LogP contribution < -0.4 is 19.6 Å². The molecule has 0 saturated heterocycles. The fraction of sp³-hybridized carbons (Fsp3) is 0.156. The summed E-state index contributed by atoms with van der Waals surface area (Å²) in [5, 5.41) is 0. The largest absolute Gasteiger partial charge is 0.481 e. The van der Waals surface area contributed by atoms with Gasteiger partial charge in [-0.15, -0.1) is 18.2 Å². The number of fused-ring (bicyclic) bond motifs is 1. The van der Waals surface area contributed by atoms with Gasteiger partial charge in [-0.1, -0.05) is 71.9 Å². The maximum atomic E-state index is 14.0. The Bertz CT molecular complexity index is 1800. The van der Waals surface area contributed by atoms with Crippen LogP contribution in [-0.4, -0.2) is 30.0 Å². The van der Waals surface area contributed by atoms with E-state index in [0.29, 0.717) is 26.4 Å². The minimum atomic E-state index is -0.714. The summed E-state index contributed by atoms with van der Waals surface area (Å²) in [6.45, 7) is 2.12. The van der Waals surface area contributed by atoms with Gasteiger partial charge in [0.2, 0.25) is 0 Å². The van der Waals surface area contributed by atoms with E-state index in [-0.39, 0.29) is 18.8 Å². The van der Waals surface area contributed by atoms with Gasteiger partial charge in [0.05, 0.1) is 28.5 Å². The number of rotatable bonds is 8. The third kappa shape index (κ3) is 5.53. The van der Waals surface area contributed by atoms with Gasteiger partial charge in [-0.2, -0.15) is 0 Å². The molecule has 0 fully saturated rings. The van der Waals surface area contributed by atoms with Crippen LogP contribution in [-0.2, 0) is 9.53 Å². The lowest BCUT2D eigenvalue weighted by molar-refractivity contribution is -0.138. The van der Waals surface area contributed by atoms with Crippen LogP contribution in [0.5, 0.6) is 5.75 Å². The Morgan fingerprint density at radius 2 is 1.90 bits per heavy atom. The lowest BCUT2D eigenvalue weighted by Crippen LogP contribution is -2.40. The number of hydrogen-bond donors (Lipinski definition) is 0. The number of terminal acetylenes is 1. The quantitative estimate of drug-likeness (QED) is 0.176. The van der Waals surface area contributed by atoms with Crippen molar-refractivity contribution in [3.8, 4) is 18.1 Å². The zero-order valence-electron chi connectivity index (χ0n) is 22.0. The first-order valence-electron chi connectivity index (χ1n) is 12.6. The van der Waals surface area contributed by atoms with Crippen molar-refractivity contribution >= 4 is 40.8 Å². The number of carbonyl (C=O) groups is 1. The molecule has 0 spiro atoms. The summed E-state index contributed by atoms with van der Waals surface area (Å²) in [5.74, 6) is 2.56. The van der Waals surface area contributed by atoms with Crippen LogP contribution in [0, 0.1) is 12.3 Å². The molecule has 2 heterocycles. The SMILES string of the molecule is C#CCOc1cccc(/C=c2\sc3n(c2=O)[C@H](c2ccc(SC)cc2)C(C(=O)OCC)=C(c2ccccc2)N=3)c1. The highest BCUT2D eigenvalue weighted by atomic mass is 32.2. The molecule has 8 heteroatoms. The van der Waals surface area contributed by atoms with Crippen LogP contribution in [0.4, 0.5) is 0 Å². The lowest BCUT2D eigenvalue weighted by atomic mass is 9.93. The molecule has 1 atom stereocenters. The minimum absolute atomic E-state index is 0.153. The first-order chi connectivity index (χ1) is 19.5. The molecule has 0 saturated carbocycles. The normalized spacial score (nSPS) is 14.7. The Hall–Kier alpha value is -4.32. The minimum Gasteiger partial charge on any atom is -0.481 e. The van der Waals surface area contributed by atoms with Crippen LogP contribution >= 0.6 is 23.1 Å². The fourth-order valence-electron chi connectivity index (χ4n) is 4.51. The van der Waals surface area contributed by atoms with Crippen LogP contribution in [0.25, 0.3) is 11.8 Å². The van der Waals surface area contributed by atoms with E-state index in [1.165, 1.54) is 11.3 Å². The molecule has 4 aromatic rings. The van der Waals surface area contributed by atoms with Crippen molar-refractivity contribution in [3.63, 3.8) is 0 Å². The maximum Gasteiger partial charge on any atom is 0.338 e. The predicted octanol–water partition coefficient (Wildman–Crippen LogP) is 4.67. The summed E-state index contributed by atoms with van der Waals surface area (Å²) in [4.78, 5) is 34.0. The lowest BCUT2D eigenvalue weighted by Gasteiger charge is -2.26. The summed E-state index contributed by atoms with van der Waals surface area (Å²) in [5.41, 5.74) is 2.93. The molecular weight excluding hydrogens is 540 g/mol. The summed E-state index contributed by atoms with van der Waals surface area (Å²) in [6.07, 6.45) is 9.13. The molecular formula is C32H26N2O4S2. The van der Waals surface area contributed by atoms with E-state index < -0.39 is 12.0 Å². The summed E-state index contributed by atoms with van der Waals surface area (Å²) in [7, 11) is 0. The van der Waals surface area contributed by atoms with Gasteiger partial charge in [0.25, 0.3) is 5.56 Å². The number of thiazole rings is 1. The summed E-state index contributed by atoms with van der Waals surface area (Å²) < 4.78 is 13.2. The van der Waals surface area contributed by atoms with E-state index >= 15 is 0 Å². The molecule has 0 unspecified atom stereocenters. The first-order valence-corrected chi connectivity index (χ1v) is 14.7. The second-order valence-corrected chi connectivity index (χ2v) is 10.7. The van der Waals surface area contributed by atoms with Gasteiger partial charge in [0.1, 0.15) is 12.4 Å². The van der Waals surface area contributed by atoms with Gasteiger partial charge in [-0.25, -0.2) is 9.79 Å². The van der Waals surface area contributed by atoms with Crippen LogP contribution in [0.15, 0.2) is 99.1 Å². The molecule has 200 valence electrons. The molecule has 3 aromatic carbocycles. The highest BCUT2D eigenvalue weighted by Gasteiger charge is 2.35. The molecule has 0 N–H and O–H groups in total. The number of hydrogen-bond acceptors (Lipinski definition) is 7. The smallest absolute Gasteiger partial charge is 0.338 e. The zero-order valence-corrected chi connectivity index (χ0v) is 23.6. The number of ether oxygens (including phenoxy) is 2. The monoisotopic (exact) mass is 566 g/mol. The molecule has 1 aliphatic heterocycles. The first kappa shape index (κ1) is 27.3. The van der Waals surface area contributed by atoms with Crippen molar-refractivity contribution in [2.45, 2.75) is 17.9 Å². The molecule has 1 aromatic heterocycles. The topological polar surface area (TPSA) is 69.9 Å². The molecule has 0 bridgehead atoms. The highest BCUT2D eigenvalue weighted by molar-refractivity contribution is 7.98. The fourth-order valence-corrected chi connectivity index (χ4v) is 5.92. The van der Waals surface area contributed by atoms with Crippen LogP contribution in [0.1, 0.15) is 29.7 Å². The Balaban J connectivity index is 1.76. The third-order valence-corrected chi connectivity index (χ3v) is 8.01. The number of nitrogens with zero attached hydrogens (tertiary/aromatic N) is 2. The molecule has 5 rings (SSSR count). The number of carbonyl (C=O) groups excluding carboxylic acids is 1. The molecule has 0 radical (unpaired) electrons. The molecule has 1 aliphatic rings. The van der Waals surface area contributed by atoms with Crippen molar-refractivity contribution in [2.75, 3.05) is 19.5 Å². The number of thioether (sulfide) groups is 1. The van der Waals surface area contributed by atoms with Gasteiger partial charge in [-0.3, -0.25) is 9.36 Å². The zero-order chi connectivity index (χ0) is 28.1. The Kier molecular flexibility index (Phi) is 8.34. The molecule has 0 amide bonds. The van der Waals surface area contributed by atoms with Crippen molar-refractivity contribution < 1.29 is 14.3 Å². The molecule has 40 heavy (non-hydrogen) atoms. The van der Waals surface area contributed by atoms with E-state index in [9.17, 15) is 9.59 Å². The predicted molar refractivity (Wildman–Crippen MR) is 160 cm³/mol. The second-order valence-electron chi connectivity index (χ2n) is 8.77. The third-order valence-electron chi connectivity index (χ3n) is 6.28. The summed E-state index contributed by atoms with van der Waals surface area (Å²) >= 11 is 2.90. The van der Waals surface area contributed by atoms with Gasteiger partial charge in [0.15, 0.2) is 4.80 Å². The van der Waals surface area contributed by atoms with E-state index in [4.69, 9.17) is 20.9 Å². The average molecular weight is 567 g/mol. The van der Waals surface area contributed by atoms with E-state index in [2.05, 4.69) is 5.92 Å². The Morgan fingerprint density at radius 3 is 2.60 bits per heavy atom. The van der Waals surface area contributed by atoms with Crippen molar-refractivity contribution in [1.29, 1.82) is 0 Å².